The van der Waals surface area contributed by atoms with E-state index in [2.05, 4.69) is 22.1 Å². The van der Waals surface area contributed by atoms with Gasteiger partial charge < -0.3 is 14.8 Å². The van der Waals surface area contributed by atoms with Gasteiger partial charge >= 0.3 is 0 Å². The Labute approximate surface area is 246 Å². The van der Waals surface area contributed by atoms with Crippen LogP contribution in [0.3, 0.4) is 0 Å². The minimum atomic E-state index is -0.440. The van der Waals surface area contributed by atoms with E-state index in [1.54, 1.807) is 23.9 Å². The number of aromatic nitrogens is 2. The Bertz CT molecular complexity index is 1350. The number of halogens is 3. The van der Waals surface area contributed by atoms with Crippen molar-refractivity contribution in [2.24, 2.45) is 0 Å². The Kier molecular flexibility index (Phi) is 10.9. The first kappa shape index (κ1) is 31.0. The number of nitrogens with one attached hydrogen (secondary N) is 1. The fourth-order valence-electron chi connectivity index (χ4n) is 4.16. The first-order valence-corrected chi connectivity index (χ1v) is 13.2. The lowest BCUT2D eigenvalue weighted by Gasteiger charge is -2.24. The van der Waals surface area contributed by atoms with Crippen LogP contribution < -0.4 is 5.32 Å². The molecule has 0 bridgehead atoms. The second-order valence-corrected chi connectivity index (χ2v) is 10.9. The van der Waals surface area contributed by atoms with E-state index >= 15 is 0 Å². The molecule has 10 heteroatoms. The molecule has 0 saturated carbocycles. The van der Waals surface area contributed by atoms with Crippen molar-refractivity contribution in [2.75, 3.05) is 40.0 Å². The highest BCUT2D eigenvalue weighted by Crippen LogP contribution is 2.33. The predicted molar refractivity (Wildman–Crippen MR) is 158 cm³/mol. The monoisotopic (exact) mass is 590 g/mol. The maximum atomic E-state index is 13.3. The summed E-state index contributed by atoms with van der Waals surface area (Å²) in [6.07, 6.45) is 0. The van der Waals surface area contributed by atoms with Crippen molar-refractivity contribution in [3.8, 4) is 28.8 Å². The third-order valence-electron chi connectivity index (χ3n) is 5.91. The Morgan fingerprint density at radius 3 is 2.44 bits per heavy atom. The molecule has 2 aromatic carbocycles. The molecule has 0 aliphatic carbocycles. The van der Waals surface area contributed by atoms with Crippen molar-refractivity contribution in [1.29, 1.82) is 0 Å². The third kappa shape index (κ3) is 7.98. The minimum absolute atomic E-state index is 0. The van der Waals surface area contributed by atoms with Crippen LogP contribution in [0.2, 0.25) is 10.0 Å². The van der Waals surface area contributed by atoms with Gasteiger partial charge in [-0.1, -0.05) is 47.2 Å². The molecule has 2 heterocycles. The highest BCUT2D eigenvalue weighted by Gasteiger charge is 2.27. The largest absolute Gasteiger partial charge is 0.380 e. The Morgan fingerprint density at radius 2 is 1.82 bits per heavy atom. The SMILES string of the molecule is COCc1c(C(=O)NC(C)(C)C)nn(-c2ccc(C#CCN3CCOCC3)cc2Cl)c1-c1ccc(Cl)cc1.Cl. The predicted octanol–water partition coefficient (Wildman–Crippen LogP) is 5.63. The molecule has 0 spiro atoms. The smallest absolute Gasteiger partial charge is 0.272 e. The number of benzene rings is 2. The summed E-state index contributed by atoms with van der Waals surface area (Å²) in [4.78, 5) is 15.6. The van der Waals surface area contributed by atoms with Gasteiger partial charge in [-0.15, -0.1) is 12.4 Å². The van der Waals surface area contributed by atoms with E-state index in [-0.39, 0.29) is 30.6 Å². The first-order chi connectivity index (χ1) is 18.2. The van der Waals surface area contributed by atoms with Crippen LogP contribution in [-0.2, 0) is 16.1 Å². The summed E-state index contributed by atoms with van der Waals surface area (Å²) in [6.45, 7) is 9.88. The van der Waals surface area contributed by atoms with Crippen molar-refractivity contribution < 1.29 is 14.3 Å². The van der Waals surface area contributed by atoms with E-state index in [0.717, 1.165) is 37.4 Å². The molecule has 3 aromatic rings. The maximum Gasteiger partial charge on any atom is 0.272 e. The number of hydrogen-bond acceptors (Lipinski definition) is 5. The summed E-state index contributed by atoms with van der Waals surface area (Å²) < 4.78 is 12.6. The second kappa shape index (κ2) is 13.7. The van der Waals surface area contributed by atoms with Gasteiger partial charge in [0.05, 0.1) is 42.8 Å². The lowest BCUT2D eigenvalue weighted by atomic mass is 10.0. The van der Waals surface area contributed by atoms with Crippen LogP contribution in [0.15, 0.2) is 42.5 Å². The molecule has 1 fully saturated rings. The lowest BCUT2D eigenvalue weighted by molar-refractivity contribution is 0.0443. The Hall–Kier alpha value is -2.57. The fraction of sp³-hybridized carbons (Fsp3) is 0.379. The van der Waals surface area contributed by atoms with Crippen LogP contribution in [0.1, 0.15) is 42.4 Å². The van der Waals surface area contributed by atoms with Gasteiger partial charge in [0.1, 0.15) is 0 Å². The summed E-state index contributed by atoms with van der Waals surface area (Å²) in [5.74, 6) is 6.13. The third-order valence-corrected chi connectivity index (χ3v) is 6.46. The van der Waals surface area contributed by atoms with E-state index in [1.165, 1.54) is 0 Å². The van der Waals surface area contributed by atoms with Crippen LogP contribution in [0.4, 0.5) is 0 Å². The molecule has 1 saturated heterocycles. The quantitative estimate of drug-likeness (QED) is 0.377. The first-order valence-electron chi connectivity index (χ1n) is 12.4. The average molecular weight is 592 g/mol. The highest BCUT2D eigenvalue weighted by atomic mass is 35.5. The van der Waals surface area contributed by atoms with Gasteiger partial charge in [0.25, 0.3) is 5.91 Å². The summed E-state index contributed by atoms with van der Waals surface area (Å²) in [5, 5.41) is 8.83. The molecule has 1 aliphatic heterocycles. The minimum Gasteiger partial charge on any atom is -0.380 e. The van der Waals surface area contributed by atoms with E-state index < -0.39 is 5.54 Å². The second-order valence-electron chi connectivity index (χ2n) is 10.1. The van der Waals surface area contributed by atoms with Crippen LogP contribution in [0, 0.1) is 11.8 Å². The standard InChI is InChI=1S/C29H32Cl2N4O3.ClH/c1-29(2,3)32-28(36)26-23(19-37-4)27(21-8-10-22(30)11-9-21)35(33-26)25-12-7-20(18-24(25)31)6-5-13-34-14-16-38-17-15-34;/h7-12,18H,13-17,19H2,1-4H3,(H,32,36);1H. The van der Waals surface area contributed by atoms with Gasteiger partial charge in [-0.05, 0) is 51.1 Å². The number of morpholine rings is 1. The van der Waals surface area contributed by atoms with Gasteiger partial charge in [0, 0.05) is 47.5 Å². The zero-order chi connectivity index (χ0) is 27.3. The molecular weight excluding hydrogens is 559 g/mol. The zero-order valence-corrected chi connectivity index (χ0v) is 24.8. The number of amides is 1. The van der Waals surface area contributed by atoms with Crippen molar-refractivity contribution in [1.82, 2.24) is 20.0 Å². The number of methoxy groups -OCH3 is 1. The van der Waals surface area contributed by atoms with Crippen LogP contribution >= 0.6 is 35.6 Å². The van der Waals surface area contributed by atoms with Crippen molar-refractivity contribution in [3.05, 3.63) is 69.3 Å². The van der Waals surface area contributed by atoms with Crippen LogP contribution in [0.25, 0.3) is 16.9 Å². The zero-order valence-electron chi connectivity index (χ0n) is 22.5. The maximum absolute atomic E-state index is 13.3. The summed E-state index contributed by atoms with van der Waals surface area (Å²) in [7, 11) is 1.59. The van der Waals surface area contributed by atoms with Crippen LogP contribution in [-0.4, -0.2) is 66.1 Å². The molecule has 1 aromatic heterocycles. The average Bonchev–Trinajstić information content (AvgIpc) is 3.23. The lowest BCUT2D eigenvalue weighted by Crippen LogP contribution is -2.41. The van der Waals surface area contributed by atoms with E-state index in [0.29, 0.717) is 33.5 Å². The number of carbonyl (C=O) groups excluding carboxylic acids is 1. The molecule has 0 radical (unpaired) electrons. The number of nitrogens with zero attached hydrogens (tertiary/aromatic N) is 3. The Balaban J connectivity index is 0.00000420. The summed E-state index contributed by atoms with van der Waals surface area (Å²) in [6, 6.07) is 13.0. The van der Waals surface area contributed by atoms with Crippen LogP contribution in [0.5, 0.6) is 0 Å². The number of carbonyl (C=O) groups is 1. The van der Waals surface area contributed by atoms with E-state index in [9.17, 15) is 4.79 Å². The molecule has 4 rings (SSSR count). The molecule has 0 atom stereocenters. The molecule has 1 amide bonds. The van der Waals surface area contributed by atoms with Gasteiger partial charge in [-0.3, -0.25) is 9.69 Å². The molecule has 1 aliphatic rings. The molecular formula is C29H33Cl3N4O3. The van der Waals surface area contributed by atoms with Gasteiger partial charge in [-0.25, -0.2) is 4.68 Å². The van der Waals surface area contributed by atoms with Gasteiger partial charge in [0.2, 0.25) is 0 Å². The topological polar surface area (TPSA) is 68.6 Å². The van der Waals surface area contributed by atoms with Crippen molar-refractivity contribution in [3.63, 3.8) is 0 Å². The number of rotatable bonds is 6. The Morgan fingerprint density at radius 1 is 1.13 bits per heavy atom. The van der Waals surface area contributed by atoms with Gasteiger partial charge in [-0.2, -0.15) is 5.10 Å². The van der Waals surface area contributed by atoms with E-state index in [4.69, 9.17) is 37.8 Å². The number of ether oxygens (including phenoxy) is 2. The normalized spacial score (nSPS) is 13.8. The van der Waals surface area contributed by atoms with Crippen molar-refractivity contribution in [2.45, 2.75) is 32.9 Å². The van der Waals surface area contributed by atoms with E-state index in [1.807, 2.05) is 51.1 Å². The van der Waals surface area contributed by atoms with Crippen molar-refractivity contribution >= 4 is 41.5 Å². The molecule has 208 valence electrons. The summed E-state index contributed by atoms with van der Waals surface area (Å²) >= 11 is 13.0. The highest BCUT2D eigenvalue weighted by molar-refractivity contribution is 6.32. The molecule has 7 nitrogen and oxygen atoms in total. The fourth-order valence-corrected chi connectivity index (χ4v) is 4.55. The number of hydrogen-bond donors (Lipinski definition) is 1. The molecule has 39 heavy (non-hydrogen) atoms. The molecule has 0 unspecified atom stereocenters. The van der Waals surface area contributed by atoms with Gasteiger partial charge in [0.15, 0.2) is 5.69 Å². The summed E-state index contributed by atoms with van der Waals surface area (Å²) in [5.41, 5.74) is 3.45. The molecule has 1 N–H and O–H groups in total.